The molecule has 0 amide bonds. The van der Waals surface area contributed by atoms with Crippen molar-refractivity contribution >= 4 is 0 Å². The number of hydrogen-bond acceptors (Lipinski definition) is 2. The number of rotatable bonds is 2. The van der Waals surface area contributed by atoms with Gasteiger partial charge in [-0.15, -0.1) is 0 Å². The van der Waals surface area contributed by atoms with Gasteiger partial charge in [-0.2, -0.15) is 0 Å². The van der Waals surface area contributed by atoms with Gasteiger partial charge in [0.05, 0.1) is 12.7 Å². The van der Waals surface area contributed by atoms with E-state index in [1.54, 1.807) is 0 Å². The first-order valence-electron chi connectivity index (χ1n) is 5.28. The molecule has 0 saturated carbocycles. The summed E-state index contributed by atoms with van der Waals surface area (Å²) in [6.45, 7) is 3.37. The molecule has 1 aromatic rings. The minimum Gasteiger partial charge on any atom is -0.372 e. The minimum absolute atomic E-state index is 0.140. The van der Waals surface area contributed by atoms with E-state index >= 15 is 0 Å². The lowest BCUT2D eigenvalue weighted by atomic mass is 9.93. The third kappa shape index (κ3) is 1.90. The van der Waals surface area contributed by atoms with Gasteiger partial charge >= 0.3 is 0 Å². The predicted molar refractivity (Wildman–Crippen MR) is 57.5 cm³/mol. The summed E-state index contributed by atoms with van der Waals surface area (Å²) in [4.78, 5) is 0. The van der Waals surface area contributed by atoms with Gasteiger partial charge in [-0.3, -0.25) is 0 Å². The maximum absolute atomic E-state index is 13.7. The van der Waals surface area contributed by atoms with Crippen LogP contribution in [0.15, 0.2) is 12.1 Å². The number of likely N-dealkylation sites (N-methyl/N-ethyl adjacent to an activating group) is 1. The van der Waals surface area contributed by atoms with Gasteiger partial charge in [0.25, 0.3) is 0 Å². The van der Waals surface area contributed by atoms with E-state index in [9.17, 15) is 4.39 Å². The molecule has 0 saturated heterocycles. The molecule has 15 heavy (non-hydrogen) atoms. The monoisotopic (exact) mass is 209 g/mol. The van der Waals surface area contributed by atoms with Crippen molar-refractivity contribution in [2.45, 2.75) is 19.4 Å². The number of nitrogens with one attached hydrogen (secondary N) is 1. The fourth-order valence-electron chi connectivity index (χ4n) is 2.16. The summed E-state index contributed by atoms with van der Waals surface area (Å²) in [7, 11) is 1.85. The second-order valence-corrected chi connectivity index (χ2v) is 3.92. The minimum atomic E-state index is -0.143. The molecular formula is C12H16FNO. The molecule has 82 valence electrons. The number of aryl methyl sites for hydroxylation is 1. The smallest absolute Gasteiger partial charge is 0.129 e. The second-order valence-electron chi connectivity index (χ2n) is 3.92. The Kier molecular flexibility index (Phi) is 3.03. The molecule has 2 rings (SSSR count). The van der Waals surface area contributed by atoms with E-state index in [1.165, 1.54) is 6.07 Å². The standard InChI is InChI=1S/C12H16FNO/c1-8-3-4-10(13)12-9(8)5-6-15-11(12)7-14-2/h3-4,11,14H,5-7H2,1-2H3. The summed E-state index contributed by atoms with van der Waals surface area (Å²) in [6.07, 6.45) is 0.678. The van der Waals surface area contributed by atoms with Gasteiger partial charge < -0.3 is 10.1 Å². The van der Waals surface area contributed by atoms with E-state index in [1.807, 2.05) is 20.0 Å². The normalized spacial score (nSPS) is 20.1. The fraction of sp³-hybridized carbons (Fsp3) is 0.500. The maximum Gasteiger partial charge on any atom is 0.129 e. The number of ether oxygens (including phenoxy) is 1. The number of fused-ring (bicyclic) bond motifs is 1. The van der Waals surface area contributed by atoms with Crippen molar-refractivity contribution in [2.75, 3.05) is 20.2 Å². The van der Waals surface area contributed by atoms with Crippen molar-refractivity contribution in [3.05, 3.63) is 34.6 Å². The molecule has 0 fully saturated rings. The Morgan fingerprint density at radius 3 is 3.07 bits per heavy atom. The Morgan fingerprint density at radius 2 is 2.33 bits per heavy atom. The predicted octanol–water partition coefficient (Wildman–Crippen LogP) is 1.97. The Morgan fingerprint density at radius 1 is 1.53 bits per heavy atom. The Labute approximate surface area is 89.4 Å². The van der Waals surface area contributed by atoms with Crippen LogP contribution in [0.2, 0.25) is 0 Å². The maximum atomic E-state index is 13.7. The molecule has 0 radical (unpaired) electrons. The Balaban J connectivity index is 2.45. The summed E-state index contributed by atoms with van der Waals surface area (Å²) in [5.74, 6) is -0.143. The van der Waals surface area contributed by atoms with Crippen molar-refractivity contribution < 1.29 is 9.13 Å². The van der Waals surface area contributed by atoms with Crippen LogP contribution < -0.4 is 5.32 Å². The molecule has 0 aliphatic carbocycles. The summed E-state index contributed by atoms with van der Waals surface area (Å²) < 4.78 is 19.3. The SMILES string of the molecule is CNCC1OCCc2c(C)ccc(F)c21. The van der Waals surface area contributed by atoms with Crippen LogP contribution in [0.3, 0.4) is 0 Å². The number of hydrogen-bond donors (Lipinski definition) is 1. The zero-order chi connectivity index (χ0) is 10.8. The Hall–Kier alpha value is -0.930. The van der Waals surface area contributed by atoms with Crippen LogP contribution in [0.1, 0.15) is 22.8 Å². The van der Waals surface area contributed by atoms with Crippen molar-refractivity contribution in [3.63, 3.8) is 0 Å². The molecule has 1 heterocycles. The Bertz CT molecular complexity index is 365. The molecule has 0 bridgehead atoms. The average Bonchev–Trinajstić information content (AvgIpc) is 2.24. The second kappa shape index (κ2) is 4.29. The quantitative estimate of drug-likeness (QED) is 0.804. The van der Waals surface area contributed by atoms with Crippen molar-refractivity contribution in [1.29, 1.82) is 0 Å². The molecule has 2 nitrogen and oxygen atoms in total. The van der Waals surface area contributed by atoms with E-state index in [2.05, 4.69) is 5.32 Å². The van der Waals surface area contributed by atoms with Crippen LogP contribution in [-0.4, -0.2) is 20.2 Å². The molecule has 3 heteroatoms. The van der Waals surface area contributed by atoms with E-state index in [0.717, 1.165) is 23.1 Å². The largest absolute Gasteiger partial charge is 0.372 e. The first kappa shape index (κ1) is 10.6. The molecule has 1 unspecified atom stereocenters. The van der Waals surface area contributed by atoms with Gasteiger partial charge in [0.15, 0.2) is 0 Å². The van der Waals surface area contributed by atoms with E-state index in [-0.39, 0.29) is 11.9 Å². The fourth-order valence-corrected chi connectivity index (χ4v) is 2.16. The summed E-state index contributed by atoms with van der Waals surface area (Å²) >= 11 is 0. The van der Waals surface area contributed by atoms with Gasteiger partial charge in [0, 0.05) is 12.1 Å². The highest BCUT2D eigenvalue weighted by atomic mass is 19.1. The van der Waals surface area contributed by atoms with Crippen molar-refractivity contribution in [1.82, 2.24) is 5.32 Å². The van der Waals surface area contributed by atoms with Gasteiger partial charge in [-0.1, -0.05) is 6.07 Å². The van der Waals surface area contributed by atoms with E-state index in [4.69, 9.17) is 4.74 Å². The molecule has 1 aliphatic rings. The summed E-state index contributed by atoms with van der Waals surface area (Å²) in [5, 5.41) is 3.03. The van der Waals surface area contributed by atoms with Crippen LogP contribution in [0.25, 0.3) is 0 Å². The highest BCUT2D eigenvalue weighted by Gasteiger charge is 2.24. The number of halogens is 1. The third-order valence-corrected chi connectivity index (χ3v) is 2.92. The van der Waals surface area contributed by atoms with Gasteiger partial charge in [0.2, 0.25) is 0 Å². The zero-order valence-corrected chi connectivity index (χ0v) is 9.14. The first-order chi connectivity index (χ1) is 7.24. The first-order valence-corrected chi connectivity index (χ1v) is 5.28. The van der Waals surface area contributed by atoms with Crippen molar-refractivity contribution in [3.8, 4) is 0 Å². The van der Waals surface area contributed by atoms with Crippen LogP contribution in [-0.2, 0) is 11.2 Å². The summed E-state index contributed by atoms with van der Waals surface area (Å²) in [6, 6.07) is 3.38. The highest BCUT2D eigenvalue weighted by Crippen LogP contribution is 2.31. The molecule has 1 N–H and O–H groups in total. The van der Waals surface area contributed by atoms with Crippen LogP contribution in [0.4, 0.5) is 4.39 Å². The molecule has 1 aromatic carbocycles. The molecule has 1 atom stereocenters. The van der Waals surface area contributed by atoms with Crippen molar-refractivity contribution in [2.24, 2.45) is 0 Å². The number of benzene rings is 1. The topological polar surface area (TPSA) is 21.3 Å². The lowest BCUT2D eigenvalue weighted by molar-refractivity contribution is 0.0408. The van der Waals surface area contributed by atoms with Crippen LogP contribution in [0, 0.1) is 12.7 Å². The van der Waals surface area contributed by atoms with E-state index in [0.29, 0.717) is 13.2 Å². The molecule has 1 aliphatic heterocycles. The van der Waals surface area contributed by atoms with Gasteiger partial charge in [-0.05, 0) is 37.6 Å². The lowest BCUT2D eigenvalue weighted by Gasteiger charge is -2.27. The van der Waals surface area contributed by atoms with Gasteiger partial charge in [-0.25, -0.2) is 4.39 Å². The van der Waals surface area contributed by atoms with Crippen LogP contribution in [0.5, 0.6) is 0 Å². The van der Waals surface area contributed by atoms with E-state index < -0.39 is 0 Å². The van der Waals surface area contributed by atoms with Crippen LogP contribution >= 0.6 is 0 Å². The third-order valence-electron chi connectivity index (χ3n) is 2.92. The molecule has 0 aromatic heterocycles. The highest BCUT2D eigenvalue weighted by molar-refractivity contribution is 5.38. The lowest BCUT2D eigenvalue weighted by Crippen LogP contribution is -2.26. The summed E-state index contributed by atoms with van der Waals surface area (Å²) in [5.41, 5.74) is 3.04. The zero-order valence-electron chi connectivity index (χ0n) is 9.14. The molecular weight excluding hydrogens is 193 g/mol. The molecule has 0 spiro atoms. The average molecular weight is 209 g/mol. The van der Waals surface area contributed by atoms with Gasteiger partial charge in [0.1, 0.15) is 5.82 Å².